The van der Waals surface area contributed by atoms with Gasteiger partial charge in [0.2, 0.25) is 0 Å². The number of ether oxygens (including phenoxy) is 1. The van der Waals surface area contributed by atoms with Crippen LogP contribution in [0.5, 0.6) is 0 Å². The monoisotopic (exact) mass is 504 g/mol. The summed E-state index contributed by atoms with van der Waals surface area (Å²) in [5.41, 5.74) is 1.74. The van der Waals surface area contributed by atoms with Gasteiger partial charge in [-0.05, 0) is 31.5 Å². The molecular weight excluding hydrogens is 475 g/mol. The van der Waals surface area contributed by atoms with Crippen LogP contribution >= 0.6 is 0 Å². The molecule has 0 spiro atoms. The Morgan fingerprint density at radius 3 is 2.49 bits per heavy atom. The first kappa shape index (κ1) is 24.9. The number of benzene rings is 2. The number of ketones is 1. The number of hydrogen-bond acceptors (Lipinski definition) is 6. The molecule has 1 N–H and O–H groups in total. The fourth-order valence-corrected chi connectivity index (χ4v) is 5.04. The molecule has 2 fully saturated rings. The number of likely N-dealkylation sites (tertiary alicyclic amines) is 1. The van der Waals surface area contributed by atoms with Gasteiger partial charge in [0.05, 0.1) is 48.0 Å². The number of aliphatic hydroxyl groups is 1. The Balaban J connectivity index is 1.52. The van der Waals surface area contributed by atoms with Crippen LogP contribution in [0.3, 0.4) is 0 Å². The van der Waals surface area contributed by atoms with Crippen LogP contribution in [-0.2, 0) is 14.3 Å². The highest BCUT2D eigenvalue weighted by Crippen LogP contribution is 2.40. The zero-order valence-corrected chi connectivity index (χ0v) is 20.6. The van der Waals surface area contributed by atoms with E-state index in [9.17, 15) is 14.7 Å². The number of aliphatic hydroxyl groups excluding tert-OH is 1. The van der Waals surface area contributed by atoms with Gasteiger partial charge in [0, 0.05) is 31.7 Å². The van der Waals surface area contributed by atoms with E-state index in [1.54, 1.807) is 29.8 Å². The van der Waals surface area contributed by atoms with Gasteiger partial charge < -0.3 is 14.7 Å². The zero-order chi connectivity index (χ0) is 25.9. The third kappa shape index (κ3) is 4.80. The molecule has 37 heavy (non-hydrogen) atoms. The molecule has 2 saturated heterocycles. The molecule has 0 saturated carbocycles. The maximum absolute atomic E-state index is 15.0. The highest BCUT2D eigenvalue weighted by Gasteiger charge is 2.47. The Hall–Kier alpha value is -3.82. The van der Waals surface area contributed by atoms with Gasteiger partial charge in [-0.25, -0.2) is 9.07 Å². The van der Waals surface area contributed by atoms with Crippen molar-refractivity contribution in [2.45, 2.75) is 19.4 Å². The van der Waals surface area contributed by atoms with Crippen LogP contribution in [-0.4, -0.2) is 75.8 Å². The predicted molar refractivity (Wildman–Crippen MR) is 136 cm³/mol. The molecule has 0 bridgehead atoms. The summed E-state index contributed by atoms with van der Waals surface area (Å²) in [7, 11) is 0. The number of carbonyl (C=O) groups excluding carboxylic acids is 2. The van der Waals surface area contributed by atoms with Crippen LogP contribution in [0.4, 0.5) is 4.39 Å². The third-order valence-corrected chi connectivity index (χ3v) is 6.98. The van der Waals surface area contributed by atoms with Gasteiger partial charge in [0.1, 0.15) is 11.6 Å². The molecule has 0 radical (unpaired) electrons. The number of Topliss-reactive ketones (excluding diaryl/α,β-unsaturated/α-hetero) is 1. The van der Waals surface area contributed by atoms with Crippen LogP contribution in [0.1, 0.15) is 29.3 Å². The molecule has 2 aromatic carbocycles. The Morgan fingerprint density at radius 1 is 1.05 bits per heavy atom. The summed E-state index contributed by atoms with van der Waals surface area (Å²) in [6, 6.07) is 14.4. The number of hydrogen-bond donors (Lipinski definition) is 1. The van der Waals surface area contributed by atoms with Crippen molar-refractivity contribution in [3.05, 3.63) is 89.0 Å². The highest BCUT2D eigenvalue weighted by molar-refractivity contribution is 6.46. The zero-order valence-electron chi connectivity index (χ0n) is 20.6. The SMILES string of the molecule is Cc1c(C(O)=C2C(=O)C(=O)N(CCCN3CCOCC3)[C@@H]2c2ccccc2F)cnn1-c1ccccc1. The average molecular weight is 505 g/mol. The fourth-order valence-electron chi connectivity index (χ4n) is 5.04. The molecule has 0 unspecified atom stereocenters. The van der Waals surface area contributed by atoms with E-state index in [0.717, 1.165) is 25.3 Å². The lowest BCUT2D eigenvalue weighted by Gasteiger charge is -2.29. The lowest BCUT2D eigenvalue weighted by atomic mass is 9.95. The first-order chi connectivity index (χ1) is 18.0. The van der Waals surface area contributed by atoms with E-state index in [4.69, 9.17) is 4.74 Å². The second-order valence-corrected chi connectivity index (χ2v) is 9.21. The number of carbonyl (C=O) groups is 2. The summed E-state index contributed by atoms with van der Waals surface area (Å²) in [5, 5.41) is 15.8. The minimum atomic E-state index is -1.04. The van der Waals surface area contributed by atoms with Crippen LogP contribution < -0.4 is 0 Å². The number of rotatable bonds is 7. The molecular formula is C28H29FN4O4. The largest absolute Gasteiger partial charge is 0.507 e. The first-order valence-electron chi connectivity index (χ1n) is 12.4. The summed E-state index contributed by atoms with van der Waals surface area (Å²) >= 11 is 0. The van der Waals surface area contributed by atoms with Crippen molar-refractivity contribution in [3.8, 4) is 5.69 Å². The Morgan fingerprint density at radius 2 is 1.76 bits per heavy atom. The fraction of sp³-hybridized carbons (Fsp3) is 0.321. The third-order valence-electron chi connectivity index (χ3n) is 6.98. The molecule has 1 atom stereocenters. The van der Waals surface area contributed by atoms with Crippen molar-refractivity contribution < 1.29 is 23.8 Å². The number of morpholine rings is 1. The number of nitrogens with zero attached hydrogens (tertiary/aromatic N) is 4. The van der Waals surface area contributed by atoms with E-state index in [1.165, 1.54) is 17.2 Å². The Bertz CT molecular complexity index is 1330. The molecule has 2 aliphatic heterocycles. The highest BCUT2D eigenvalue weighted by atomic mass is 19.1. The smallest absolute Gasteiger partial charge is 0.295 e. The van der Waals surface area contributed by atoms with Crippen molar-refractivity contribution in [1.29, 1.82) is 0 Å². The standard InChI is InChI=1S/C28H29FN4O4/c1-19-22(18-30-33(19)20-8-3-2-4-9-20)26(34)24-25(21-10-5-6-11-23(21)29)32(28(36)27(24)35)13-7-12-31-14-16-37-17-15-31/h2-6,8-11,18,25,34H,7,12-17H2,1H3/t25-/m1/s1. The van der Waals surface area contributed by atoms with Crippen LogP contribution in [0.25, 0.3) is 11.4 Å². The Kier molecular flexibility index (Phi) is 7.16. The van der Waals surface area contributed by atoms with Gasteiger partial charge >= 0.3 is 0 Å². The van der Waals surface area contributed by atoms with Gasteiger partial charge in [0.25, 0.3) is 11.7 Å². The maximum atomic E-state index is 15.0. The summed E-state index contributed by atoms with van der Waals surface area (Å²) in [5.74, 6) is -2.48. The quantitative estimate of drug-likeness (QED) is 0.301. The van der Waals surface area contributed by atoms with Gasteiger partial charge in [-0.1, -0.05) is 36.4 Å². The topological polar surface area (TPSA) is 87.9 Å². The van der Waals surface area contributed by atoms with Crippen molar-refractivity contribution in [2.24, 2.45) is 0 Å². The number of aromatic nitrogens is 2. The van der Waals surface area contributed by atoms with E-state index >= 15 is 4.39 Å². The number of amides is 1. The molecule has 3 aromatic rings. The minimum Gasteiger partial charge on any atom is -0.507 e. The minimum absolute atomic E-state index is 0.128. The summed E-state index contributed by atoms with van der Waals surface area (Å²) in [4.78, 5) is 30.1. The normalized spacial score (nSPS) is 20.1. The van der Waals surface area contributed by atoms with Crippen molar-refractivity contribution in [2.75, 3.05) is 39.4 Å². The van der Waals surface area contributed by atoms with Gasteiger partial charge in [-0.15, -0.1) is 0 Å². The molecule has 5 rings (SSSR count). The van der Waals surface area contributed by atoms with Crippen LogP contribution in [0, 0.1) is 12.7 Å². The van der Waals surface area contributed by atoms with Gasteiger partial charge in [-0.3, -0.25) is 14.5 Å². The van der Waals surface area contributed by atoms with E-state index in [1.807, 2.05) is 30.3 Å². The number of halogens is 1. The lowest BCUT2D eigenvalue weighted by Crippen LogP contribution is -2.39. The van der Waals surface area contributed by atoms with Crippen molar-refractivity contribution in [1.82, 2.24) is 19.6 Å². The molecule has 9 heteroatoms. The maximum Gasteiger partial charge on any atom is 0.295 e. The number of para-hydroxylation sites is 1. The molecule has 8 nitrogen and oxygen atoms in total. The molecule has 1 amide bonds. The average Bonchev–Trinajstić information content (AvgIpc) is 3.42. The predicted octanol–water partition coefficient (Wildman–Crippen LogP) is 3.46. The summed E-state index contributed by atoms with van der Waals surface area (Å²) in [6.45, 7) is 5.68. The lowest BCUT2D eigenvalue weighted by molar-refractivity contribution is -0.140. The Labute approximate surface area is 214 Å². The molecule has 0 aliphatic carbocycles. The van der Waals surface area contributed by atoms with Crippen LogP contribution in [0.2, 0.25) is 0 Å². The second kappa shape index (κ2) is 10.7. The van der Waals surface area contributed by atoms with Gasteiger partial charge in [-0.2, -0.15) is 5.10 Å². The molecule has 2 aliphatic rings. The van der Waals surface area contributed by atoms with E-state index in [2.05, 4.69) is 10.00 Å². The molecule has 192 valence electrons. The first-order valence-corrected chi connectivity index (χ1v) is 12.4. The molecule has 1 aromatic heterocycles. The summed E-state index contributed by atoms with van der Waals surface area (Å²) in [6.07, 6.45) is 2.06. The van der Waals surface area contributed by atoms with Gasteiger partial charge in [0.15, 0.2) is 0 Å². The van der Waals surface area contributed by atoms with E-state index < -0.39 is 23.5 Å². The van der Waals surface area contributed by atoms with E-state index in [-0.39, 0.29) is 23.4 Å². The van der Waals surface area contributed by atoms with Crippen molar-refractivity contribution in [3.63, 3.8) is 0 Å². The second-order valence-electron chi connectivity index (χ2n) is 9.21. The molecule has 3 heterocycles. The van der Waals surface area contributed by atoms with Crippen LogP contribution in [0.15, 0.2) is 66.4 Å². The van der Waals surface area contributed by atoms with E-state index in [0.29, 0.717) is 30.9 Å². The summed E-state index contributed by atoms with van der Waals surface area (Å²) < 4.78 is 22.1. The van der Waals surface area contributed by atoms with Crippen molar-refractivity contribution >= 4 is 17.4 Å².